The highest BCUT2D eigenvalue weighted by Crippen LogP contribution is 2.33. The molecule has 2 unspecified atom stereocenters. The number of nitrogens with one attached hydrogen (secondary N) is 2. The summed E-state index contributed by atoms with van der Waals surface area (Å²) in [6.07, 6.45) is 2.78. The number of rotatable bonds is 7. The number of carbonyl (C=O) groups excluding carboxylic acids is 4. The molecule has 1 heterocycles. The first-order valence-electron chi connectivity index (χ1n) is 10.6. The van der Waals surface area contributed by atoms with E-state index in [0.29, 0.717) is 18.4 Å². The van der Waals surface area contributed by atoms with Crippen LogP contribution in [-0.4, -0.2) is 46.9 Å². The minimum Gasteiger partial charge on any atom is -0.452 e. The summed E-state index contributed by atoms with van der Waals surface area (Å²) in [6.45, 7) is 3.08. The zero-order valence-electron chi connectivity index (χ0n) is 17.8. The molecular formula is C22H28FN3O5. The van der Waals surface area contributed by atoms with E-state index in [1.54, 1.807) is 19.1 Å². The number of halogens is 1. The van der Waals surface area contributed by atoms with Crippen molar-refractivity contribution in [2.24, 2.45) is 0 Å². The maximum Gasteiger partial charge on any atom is 0.325 e. The lowest BCUT2D eigenvalue weighted by Crippen LogP contribution is -2.48. The second-order valence-corrected chi connectivity index (χ2v) is 8.19. The van der Waals surface area contributed by atoms with Gasteiger partial charge in [-0.15, -0.1) is 0 Å². The summed E-state index contributed by atoms with van der Waals surface area (Å²) in [7, 11) is 0. The number of carbonyl (C=O) groups is 4. The van der Waals surface area contributed by atoms with E-state index in [-0.39, 0.29) is 24.7 Å². The SMILES string of the molecule is CC(OC(=O)CCN1C(=O)NC2(CCCCC2)C1=O)C(=O)NC(C)c1ccc(F)cc1. The molecule has 2 N–H and O–H groups in total. The van der Waals surface area contributed by atoms with Gasteiger partial charge in [0.05, 0.1) is 12.5 Å². The summed E-state index contributed by atoms with van der Waals surface area (Å²) in [5.74, 6) is -1.84. The van der Waals surface area contributed by atoms with Crippen molar-refractivity contribution < 1.29 is 28.3 Å². The molecule has 1 saturated heterocycles. The number of urea groups is 1. The highest BCUT2D eigenvalue weighted by molar-refractivity contribution is 6.07. The van der Waals surface area contributed by atoms with E-state index in [1.807, 2.05) is 0 Å². The molecule has 2 fully saturated rings. The lowest BCUT2D eigenvalue weighted by Gasteiger charge is -2.30. The Labute approximate surface area is 180 Å². The van der Waals surface area contributed by atoms with Gasteiger partial charge in [-0.1, -0.05) is 31.4 Å². The highest BCUT2D eigenvalue weighted by atomic mass is 19.1. The maximum absolute atomic E-state index is 13.0. The van der Waals surface area contributed by atoms with Crippen LogP contribution in [0.2, 0.25) is 0 Å². The van der Waals surface area contributed by atoms with E-state index >= 15 is 0 Å². The van der Waals surface area contributed by atoms with Gasteiger partial charge in [0.2, 0.25) is 0 Å². The van der Waals surface area contributed by atoms with Gasteiger partial charge >= 0.3 is 12.0 Å². The van der Waals surface area contributed by atoms with E-state index in [9.17, 15) is 23.6 Å². The Balaban J connectivity index is 1.46. The van der Waals surface area contributed by atoms with Crippen molar-refractivity contribution in [3.8, 4) is 0 Å². The minimum atomic E-state index is -1.05. The fourth-order valence-corrected chi connectivity index (χ4v) is 4.05. The Morgan fingerprint density at radius 3 is 2.45 bits per heavy atom. The molecule has 3 rings (SSSR count). The number of hydrogen-bond acceptors (Lipinski definition) is 5. The number of imide groups is 1. The second-order valence-electron chi connectivity index (χ2n) is 8.19. The van der Waals surface area contributed by atoms with Crippen LogP contribution in [0.5, 0.6) is 0 Å². The Morgan fingerprint density at radius 2 is 1.81 bits per heavy atom. The molecule has 2 atom stereocenters. The first-order chi connectivity index (χ1) is 14.7. The van der Waals surface area contributed by atoms with Gasteiger partial charge in [-0.3, -0.25) is 19.3 Å². The zero-order valence-corrected chi connectivity index (χ0v) is 17.8. The van der Waals surface area contributed by atoms with Crippen LogP contribution in [0.3, 0.4) is 0 Å². The molecule has 1 aromatic rings. The quantitative estimate of drug-likeness (QED) is 0.508. The van der Waals surface area contributed by atoms with E-state index in [4.69, 9.17) is 4.74 Å². The third kappa shape index (κ3) is 5.21. The van der Waals surface area contributed by atoms with Gasteiger partial charge in [-0.05, 0) is 44.4 Å². The number of amides is 4. The lowest BCUT2D eigenvalue weighted by atomic mass is 9.82. The molecule has 0 bridgehead atoms. The van der Waals surface area contributed by atoms with E-state index in [0.717, 1.165) is 24.2 Å². The largest absolute Gasteiger partial charge is 0.452 e. The predicted octanol–water partition coefficient (Wildman–Crippen LogP) is 2.58. The van der Waals surface area contributed by atoms with E-state index < -0.39 is 35.6 Å². The van der Waals surface area contributed by atoms with Crippen molar-refractivity contribution in [2.45, 2.75) is 70.1 Å². The first-order valence-corrected chi connectivity index (χ1v) is 10.6. The average Bonchev–Trinajstić information content (AvgIpc) is 2.96. The third-order valence-corrected chi connectivity index (χ3v) is 5.90. The summed E-state index contributed by atoms with van der Waals surface area (Å²) in [5, 5.41) is 5.49. The molecule has 2 aliphatic rings. The van der Waals surface area contributed by atoms with Crippen LogP contribution in [0.25, 0.3) is 0 Å². The Bertz CT molecular complexity index is 851. The molecule has 4 amide bonds. The van der Waals surface area contributed by atoms with Crippen molar-refractivity contribution in [3.63, 3.8) is 0 Å². The van der Waals surface area contributed by atoms with Gasteiger partial charge < -0.3 is 15.4 Å². The number of ether oxygens (including phenoxy) is 1. The normalized spacial score (nSPS) is 19.6. The van der Waals surface area contributed by atoms with Crippen LogP contribution in [0, 0.1) is 5.82 Å². The highest BCUT2D eigenvalue weighted by Gasteiger charge is 2.51. The van der Waals surface area contributed by atoms with Gasteiger partial charge in [0.15, 0.2) is 6.10 Å². The smallest absolute Gasteiger partial charge is 0.325 e. The summed E-state index contributed by atoms with van der Waals surface area (Å²) < 4.78 is 18.2. The van der Waals surface area contributed by atoms with Gasteiger partial charge in [0.1, 0.15) is 11.4 Å². The molecule has 168 valence electrons. The van der Waals surface area contributed by atoms with Crippen molar-refractivity contribution in [2.75, 3.05) is 6.54 Å². The van der Waals surface area contributed by atoms with Crippen LogP contribution >= 0.6 is 0 Å². The van der Waals surface area contributed by atoms with Crippen molar-refractivity contribution >= 4 is 23.8 Å². The Hall–Kier alpha value is -2.97. The molecule has 1 spiro atoms. The average molecular weight is 433 g/mol. The van der Waals surface area contributed by atoms with Crippen molar-refractivity contribution in [1.29, 1.82) is 0 Å². The maximum atomic E-state index is 13.0. The lowest BCUT2D eigenvalue weighted by molar-refractivity contribution is -0.155. The Kier molecular flexibility index (Phi) is 6.92. The molecular weight excluding hydrogens is 405 g/mol. The monoisotopic (exact) mass is 433 g/mol. The standard InChI is InChI=1S/C22H28FN3O5/c1-14(16-6-8-17(23)9-7-16)24-19(28)15(2)31-18(27)10-13-26-20(29)22(25-21(26)30)11-4-3-5-12-22/h6-9,14-15H,3-5,10-13H2,1-2H3,(H,24,28)(H,25,30). The van der Waals surface area contributed by atoms with Crippen LogP contribution in [0.1, 0.15) is 64.0 Å². The number of esters is 1. The fourth-order valence-electron chi connectivity index (χ4n) is 4.05. The van der Waals surface area contributed by atoms with E-state index in [1.165, 1.54) is 19.1 Å². The second kappa shape index (κ2) is 9.45. The van der Waals surface area contributed by atoms with E-state index in [2.05, 4.69) is 10.6 Å². The van der Waals surface area contributed by atoms with Crippen LogP contribution in [0.4, 0.5) is 9.18 Å². The third-order valence-electron chi connectivity index (χ3n) is 5.90. The molecule has 8 nitrogen and oxygen atoms in total. The molecule has 1 aromatic carbocycles. The van der Waals surface area contributed by atoms with Crippen LogP contribution < -0.4 is 10.6 Å². The number of hydrogen-bond donors (Lipinski definition) is 2. The predicted molar refractivity (Wildman–Crippen MR) is 109 cm³/mol. The molecule has 1 saturated carbocycles. The molecule has 9 heteroatoms. The van der Waals surface area contributed by atoms with Crippen LogP contribution in [0.15, 0.2) is 24.3 Å². The summed E-state index contributed by atoms with van der Waals surface area (Å²) in [6, 6.07) is 4.84. The minimum absolute atomic E-state index is 0.0917. The Morgan fingerprint density at radius 1 is 1.16 bits per heavy atom. The van der Waals surface area contributed by atoms with Gasteiger partial charge in [0.25, 0.3) is 11.8 Å². The van der Waals surface area contributed by atoms with Crippen molar-refractivity contribution in [3.05, 3.63) is 35.6 Å². The molecule has 1 aliphatic heterocycles. The fraction of sp³-hybridized carbons (Fsp3) is 0.545. The molecule has 0 radical (unpaired) electrons. The summed E-state index contributed by atoms with van der Waals surface area (Å²) >= 11 is 0. The first kappa shape index (κ1) is 22.7. The van der Waals surface area contributed by atoms with Gasteiger partial charge in [-0.2, -0.15) is 0 Å². The molecule has 0 aromatic heterocycles. The van der Waals surface area contributed by atoms with Crippen LogP contribution in [-0.2, 0) is 19.1 Å². The topological polar surface area (TPSA) is 105 Å². The molecule has 1 aliphatic carbocycles. The summed E-state index contributed by atoms with van der Waals surface area (Å²) in [4.78, 5) is 50.5. The van der Waals surface area contributed by atoms with Gasteiger partial charge in [-0.25, -0.2) is 9.18 Å². The number of benzene rings is 1. The van der Waals surface area contributed by atoms with Crippen molar-refractivity contribution in [1.82, 2.24) is 15.5 Å². The zero-order chi connectivity index (χ0) is 22.6. The summed E-state index contributed by atoms with van der Waals surface area (Å²) in [5.41, 5.74) is -0.119. The molecule has 31 heavy (non-hydrogen) atoms. The van der Waals surface area contributed by atoms with Gasteiger partial charge in [0, 0.05) is 6.54 Å². The number of nitrogens with zero attached hydrogens (tertiary/aromatic N) is 1.